The monoisotopic (exact) mass is 516 g/mol. The van der Waals surface area contributed by atoms with Crippen molar-refractivity contribution >= 4 is 61.4 Å². The van der Waals surface area contributed by atoms with Gasteiger partial charge in [-0.15, -0.1) is 11.3 Å². The number of rotatable bonds is 5. The van der Waals surface area contributed by atoms with Crippen LogP contribution < -0.4 is 20.9 Å². The minimum absolute atomic E-state index is 0.0823. The molecule has 0 fully saturated rings. The van der Waals surface area contributed by atoms with Crippen LogP contribution in [0.1, 0.15) is 5.56 Å². The molecule has 2 aromatic carbocycles. The second-order valence-corrected chi connectivity index (χ2v) is 10.6. The third-order valence-corrected chi connectivity index (χ3v) is 7.80. The molecule has 0 aliphatic heterocycles. The Bertz CT molecular complexity index is 1580. The maximum absolute atomic E-state index is 12.9. The standard InChI is InChI=1S/C21H17ClN6O4S2/c1-24-19(23)12-2-7-15-16(10-12)25-11-28(20(15)29)14-5-3-13(4-6-14)26-21(30)27-34(31,32)18-9-8-17(22)33-18/h2-11H,1H3,(H2,23,24)(H2,26,27,30). The molecule has 10 nitrogen and oxygen atoms in total. The van der Waals surface area contributed by atoms with Gasteiger partial charge in [0.05, 0.1) is 20.9 Å². The van der Waals surface area contributed by atoms with Crippen LogP contribution in [-0.4, -0.2) is 36.9 Å². The third-order valence-electron chi connectivity index (χ3n) is 4.74. The van der Waals surface area contributed by atoms with Crippen LogP contribution in [0.25, 0.3) is 16.6 Å². The number of nitrogens with one attached hydrogen (secondary N) is 4. The van der Waals surface area contributed by atoms with Crippen LogP contribution in [0.15, 0.2) is 69.9 Å². The summed E-state index contributed by atoms with van der Waals surface area (Å²) in [6.45, 7) is 0. The summed E-state index contributed by atoms with van der Waals surface area (Å²) >= 11 is 6.58. The van der Waals surface area contributed by atoms with Crippen LogP contribution in [0.2, 0.25) is 4.34 Å². The third kappa shape index (κ3) is 4.78. The van der Waals surface area contributed by atoms with Crippen LogP contribution in [0.4, 0.5) is 10.5 Å². The van der Waals surface area contributed by atoms with Crippen molar-refractivity contribution < 1.29 is 13.2 Å². The van der Waals surface area contributed by atoms with Gasteiger partial charge in [-0.3, -0.25) is 14.8 Å². The molecule has 2 amide bonds. The second-order valence-electron chi connectivity index (χ2n) is 6.94. The van der Waals surface area contributed by atoms with E-state index in [4.69, 9.17) is 17.0 Å². The quantitative estimate of drug-likeness (QED) is 0.237. The van der Waals surface area contributed by atoms with Gasteiger partial charge in [0, 0.05) is 18.3 Å². The van der Waals surface area contributed by atoms with Crippen molar-refractivity contribution in [3.05, 3.63) is 81.2 Å². The highest BCUT2D eigenvalue weighted by molar-refractivity contribution is 7.92. The van der Waals surface area contributed by atoms with Crippen LogP contribution in [-0.2, 0) is 10.0 Å². The Morgan fingerprint density at radius 2 is 1.85 bits per heavy atom. The highest BCUT2D eigenvalue weighted by atomic mass is 35.5. The minimum Gasteiger partial charge on any atom is -0.373 e. The molecular weight excluding hydrogens is 500 g/mol. The van der Waals surface area contributed by atoms with Crippen LogP contribution in [0.5, 0.6) is 0 Å². The van der Waals surface area contributed by atoms with Gasteiger partial charge in [-0.1, -0.05) is 17.7 Å². The average Bonchev–Trinajstić information content (AvgIpc) is 3.26. The molecule has 0 saturated carbocycles. The summed E-state index contributed by atoms with van der Waals surface area (Å²) in [4.78, 5) is 29.4. The van der Waals surface area contributed by atoms with E-state index in [-0.39, 0.29) is 19.9 Å². The highest BCUT2D eigenvalue weighted by Gasteiger charge is 2.20. The predicted molar refractivity (Wildman–Crippen MR) is 132 cm³/mol. The van der Waals surface area contributed by atoms with Crippen molar-refractivity contribution in [1.29, 1.82) is 5.41 Å². The molecule has 0 aliphatic rings. The number of nitrogens with zero attached hydrogens (tertiary/aromatic N) is 2. The maximum Gasteiger partial charge on any atom is 0.333 e. The summed E-state index contributed by atoms with van der Waals surface area (Å²) in [5.41, 5.74) is 1.59. The van der Waals surface area contributed by atoms with Crippen LogP contribution >= 0.6 is 22.9 Å². The molecule has 0 bridgehead atoms. The maximum atomic E-state index is 12.9. The molecule has 4 rings (SSSR count). The summed E-state index contributed by atoms with van der Waals surface area (Å²) in [5.74, 6) is 0.215. The number of hydrogen-bond acceptors (Lipinski definition) is 7. The number of carbonyl (C=O) groups is 1. The number of hydrogen-bond donors (Lipinski definition) is 4. The van der Waals surface area contributed by atoms with Crippen molar-refractivity contribution in [3.8, 4) is 5.69 Å². The lowest BCUT2D eigenvalue weighted by Crippen LogP contribution is -2.33. The number of halogens is 1. The molecule has 0 unspecified atom stereocenters. The Morgan fingerprint density at radius 3 is 2.50 bits per heavy atom. The molecule has 4 aromatic rings. The van der Waals surface area contributed by atoms with Crippen LogP contribution in [0, 0.1) is 5.41 Å². The number of anilines is 1. The van der Waals surface area contributed by atoms with E-state index in [1.165, 1.54) is 35.2 Å². The van der Waals surface area contributed by atoms with Gasteiger partial charge in [-0.05, 0) is 48.5 Å². The first-order valence-corrected chi connectivity index (χ1v) is 12.3. The molecule has 2 aromatic heterocycles. The van der Waals surface area contributed by atoms with E-state index < -0.39 is 16.1 Å². The van der Waals surface area contributed by atoms with E-state index in [1.807, 2.05) is 4.72 Å². The van der Waals surface area contributed by atoms with Crippen molar-refractivity contribution in [3.63, 3.8) is 0 Å². The number of urea groups is 1. The number of sulfonamides is 1. The van der Waals surface area contributed by atoms with Crippen LogP contribution in [0.3, 0.4) is 0 Å². The van der Waals surface area contributed by atoms with E-state index in [2.05, 4.69) is 15.6 Å². The molecule has 2 heterocycles. The van der Waals surface area contributed by atoms with Crippen molar-refractivity contribution in [2.45, 2.75) is 4.21 Å². The zero-order chi connectivity index (χ0) is 24.5. The number of amidine groups is 1. The van der Waals surface area contributed by atoms with Gasteiger partial charge < -0.3 is 10.6 Å². The van der Waals surface area contributed by atoms with Gasteiger partial charge in [0.1, 0.15) is 16.4 Å². The SMILES string of the molecule is CNC(=N)c1ccc2c(=O)n(-c3ccc(NC(=O)NS(=O)(=O)c4ccc(Cl)s4)cc3)cnc2c1. The lowest BCUT2D eigenvalue weighted by molar-refractivity contribution is 0.256. The number of benzene rings is 2. The largest absolute Gasteiger partial charge is 0.373 e. The first-order valence-electron chi connectivity index (χ1n) is 9.65. The van der Waals surface area contributed by atoms with Gasteiger partial charge >= 0.3 is 6.03 Å². The van der Waals surface area contributed by atoms with Gasteiger partial charge in [-0.25, -0.2) is 22.9 Å². The second kappa shape index (κ2) is 9.25. The Labute approximate surface area is 202 Å². The summed E-state index contributed by atoms with van der Waals surface area (Å²) in [6.07, 6.45) is 1.38. The molecule has 0 aliphatic carbocycles. The predicted octanol–water partition coefficient (Wildman–Crippen LogP) is 3.16. The summed E-state index contributed by atoms with van der Waals surface area (Å²) in [5, 5.41) is 13.4. The Morgan fingerprint density at radius 1 is 1.12 bits per heavy atom. The smallest absolute Gasteiger partial charge is 0.333 e. The van der Waals surface area contributed by atoms with Crippen molar-refractivity contribution in [2.24, 2.45) is 0 Å². The molecule has 13 heteroatoms. The van der Waals surface area contributed by atoms with Gasteiger partial charge in [0.2, 0.25) is 0 Å². The fourth-order valence-corrected chi connectivity index (χ4v) is 5.47. The van der Waals surface area contributed by atoms with Crippen molar-refractivity contribution in [1.82, 2.24) is 19.6 Å². The number of thiophene rings is 1. The van der Waals surface area contributed by atoms with E-state index in [0.29, 0.717) is 27.8 Å². The molecular formula is C21H17ClN6O4S2. The molecule has 4 N–H and O–H groups in total. The average molecular weight is 517 g/mol. The van der Waals surface area contributed by atoms with E-state index >= 15 is 0 Å². The zero-order valence-corrected chi connectivity index (χ0v) is 19.9. The molecule has 0 atom stereocenters. The minimum atomic E-state index is -4.05. The lowest BCUT2D eigenvalue weighted by atomic mass is 10.1. The molecule has 0 saturated heterocycles. The van der Waals surface area contributed by atoms with Crippen molar-refractivity contribution in [2.75, 3.05) is 12.4 Å². The number of fused-ring (bicyclic) bond motifs is 1. The normalized spacial score (nSPS) is 11.2. The summed E-state index contributed by atoms with van der Waals surface area (Å²) in [6, 6.07) is 12.9. The number of carbonyl (C=O) groups excluding carboxylic acids is 1. The summed E-state index contributed by atoms with van der Waals surface area (Å²) < 4.78 is 27.9. The fourth-order valence-electron chi connectivity index (χ4n) is 3.08. The molecule has 0 radical (unpaired) electrons. The van der Waals surface area contributed by atoms with Gasteiger partial charge in [-0.2, -0.15) is 0 Å². The first kappa shape index (κ1) is 23.4. The zero-order valence-electron chi connectivity index (χ0n) is 17.5. The van der Waals surface area contributed by atoms with E-state index in [9.17, 15) is 18.0 Å². The van der Waals surface area contributed by atoms with Gasteiger partial charge in [0.15, 0.2) is 0 Å². The summed E-state index contributed by atoms with van der Waals surface area (Å²) in [7, 11) is -2.41. The van der Waals surface area contributed by atoms with E-state index in [1.54, 1.807) is 37.4 Å². The van der Waals surface area contributed by atoms with Gasteiger partial charge in [0.25, 0.3) is 15.6 Å². The Kier molecular flexibility index (Phi) is 6.37. The highest BCUT2D eigenvalue weighted by Crippen LogP contribution is 2.25. The molecule has 0 spiro atoms. The van der Waals surface area contributed by atoms with E-state index in [0.717, 1.165) is 11.3 Å². The fraction of sp³-hybridized carbons (Fsp3) is 0.0476. The Balaban J connectivity index is 1.52. The lowest BCUT2D eigenvalue weighted by Gasteiger charge is -2.10. The number of aromatic nitrogens is 2. The molecule has 34 heavy (non-hydrogen) atoms. The Hall–Kier alpha value is -3.74. The topological polar surface area (TPSA) is 146 Å². The molecule has 174 valence electrons. The number of amides is 2. The first-order chi connectivity index (χ1) is 16.2.